The number of ether oxygens (including phenoxy) is 1. The molecule has 1 amide bonds. The standard InChI is InChI=1S/C17H25NO3/c1-14-7-10-17(13-19,11-8-14)18-16(20)9-12-21-15-5-3-2-4-6-15/h2-6,14,19H,7-13H2,1H3,(H,18,20). The van der Waals surface area contributed by atoms with Gasteiger partial charge in [-0.05, 0) is 43.7 Å². The smallest absolute Gasteiger partial charge is 0.223 e. The molecule has 1 aliphatic carbocycles. The summed E-state index contributed by atoms with van der Waals surface area (Å²) in [5, 5.41) is 12.7. The maximum Gasteiger partial charge on any atom is 0.223 e. The lowest BCUT2D eigenvalue weighted by Crippen LogP contribution is -2.53. The SMILES string of the molecule is CC1CCC(CO)(NC(=O)CCOc2ccccc2)CC1. The lowest BCUT2D eigenvalue weighted by atomic mass is 9.77. The van der Waals surface area contributed by atoms with Gasteiger partial charge in [0.2, 0.25) is 5.91 Å². The van der Waals surface area contributed by atoms with Gasteiger partial charge in [0.05, 0.1) is 25.2 Å². The highest BCUT2D eigenvalue weighted by Crippen LogP contribution is 2.31. The Balaban J connectivity index is 1.75. The molecule has 4 nitrogen and oxygen atoms in total. The van der Waals surface area contributed by atoms with Gasteiger partial charge >= 0.3 is 0 Å². The van der Waals surface area contributed by atoms with E-state index in [4.69, 9.17) is 4.74 Å². The van der Waals surface area contributed by atoms with Crippen molar-refractivity contribution in [3.05, 3.63) is 30.3 Å². The first-order chi connectivity index (χ1) is 10.1. The van der Waals surface area contributed by atoms with E-state index in [1.807, 2.05) is 30.3 Å². The van der Waals surface area contributed by atoms with Crippen LogP contribution in [0.4, 0.5) is 0 Å². The van der Waals surface area contributed by atoms with Gasteiger partial charge in [-0.1, -0.05) is 25.1 Å². The summed E-state index contributed by atoms with van der Waals surface area (Å²) >= 11 is 0. The van der Waals surface area contributed by atoms with Crippen molar-refractivity contribution in [1.82, 2.24) is 5.32 Å². The number of hydrogen-bond acceptors (Lipinski definition) is 3. The third-order valence-electron chi connectivity index (χ3n) is 4.28. The van der Waals surface area contributed by atoms with Gasteiger partial charge in [0.25, 0.3) is 0 Å². The van der Waals surface area contributed by atoms with Crippen LogP contribution in [0.25, 0.3) is 0 Å². The second-order valence-corrected chi connectivity index (χ2v) is 6.08. The summed E-state index contributed by atoms with van der Waals surface area (Å²) in [5.74, 6) is 1.41. The fraction of sp³-hybridized carbons (Fsp3) is 0.588. The predicted molar refractivity (Wildman–Crippen MR) is 82.1 cm³/mol. The molecule has 21 heavy (non-hydrogen) atoms. The molecule has 0 saturated heterocycles. The molecule has 1 aromatic rings. The summed E-state index contributed by atoms with van der Waals surface area (Å²) in [4.78, 5) is 12.0. The number of benzene rings is 1. The van der Waals surface area contributed by atoms with E-state index in [0.29, 0.717) is 18.9 Å². The first-order valence-corrected chi connectivity index (χ1v) is 7.73. The summed E-state index contributed by atoms with van der Waals surface area (Å²) < 4.78 is 5.53. The Kier molecular flexibility index (Phi) is 5.62. The molecule has 1 saturated carbocycles. The van der Waals surface area contributed by atoms with Crippen LogP contribution >= 0.6 is 0 Å². The number of amides is 1. The number of carbonyl (C=O) groups is 1. The topological polar surface area (TPSA) is 58.6 Å². The van der Waals surface area contributed by atoms with E-state index in [-0.39, 0.29) is 12.5 Å². The van der Waals surface area contributed by atoms with Crippen LogP contribution in [0.5, 0.6) is 5.75 Å². The van der Waals surface area contributed by atoms with Crippen LogP contribution in [-0.4, -0.2) is 29.8 Å². The van der Waals surface area contributed by atoms with E-state index in [1.165, 1.54) is 0 Å². The molecule has 0 unspecified atom stereocenters. The fourth-order valence-corrected chi connectivity index (χ4v) is 2.77. The Hall–Kier alpha value is -1.55. The van der Waals surface area contributed by atoms with E-state index in [9.17, 15) is 9.90 Å². The molecule has 1 aliphatic rings. The monoisotopic (exact) mass is 291 g/mol. The zero-order chi connectivity index (χ0) is 15.1. The summed E-state index contributed by atoms with van der Waals surface area (Å²) in [5.41, 5.74) is -0.420. The minimum atomic E-state index is -0.420. The van der Waals surface area contributed by atoms with Gasteiger partial charge in [0.15, 0.2) is 0 Å². The van der Waals surface area contributed by atoms with E-state index < -0.39 is 5.54 Å². The summed E-state index contributed by atoms with van der Waals surface area (Å²) in [6, 6.07) is 9.47. The van der Waals surface area contributed by atoms with Crippen LogP contribution < -0.4 is 10.1 Å². The van der Waals surface area contributed by atoms with Crippen molar-refractivity contribution in [3.8, 4) is 5.75 Å². The van der Waals surface area contributed by atoms with Crippen molar-refractivity contribution >= 4 is 5.91 Å². The molecule has 4 heteroatoms. The molecule has 0 spiro atoms. The second kappa shape index (κ2) is 7.46. The molecule has 0 atom stereocenters. The van der Waals surface area contributed by atoms with Crippen LogP contribution in [0.3, 0.4) is 0 Å². The molecule has 116 valence electrons. The lowest BCUT2D eigenvalue weighted by Gasteiger charge is -2.38. The third-order valence-corrected chi connectivity index (χ3v) is 4.28. The maximum atomic E-state index is 12.0. The number of nitrogens with one attached hydrogen (secondary N) is 1. The second-order valence-electron chi connectivity index (χ2n) is 6.08. The molecule has 0 aromatic heterocycles. The number of aliphatic hydroxyl groups is 1. The van der Waals surface area contributed by atoms with Crippen LogP contribution in [0, 0.1) is 5.92 Å². The molecule has 1 fully saturated rings. The zero-order valence-electron chi connectivity index (χ0n) is 12.7. The van der Waals surface area contributed by atoms with E-state index in [2.05, 4.69) is 12.2 Å². The molecule has 1 aromatic carbocycles. The highest BCUT2D eigenvalue weighted by atomic mass is 16.5. The summed E-state index contributed by atoms with van der Waals surface area (Å²) in [6.45, 7) is 2.59. The minimum absolute atomic E-state index is 0.0189. The molecule has 2 N–H and O–H groups in total. The molecule has 0 aliphatic heterocycles. The molecule has 2 rings (SSSR count). The van der Waals surface area contributed by atoms with Crippen molar-refractivity contribution < 1.29 is 14.6 Å². The zero-order valence-corrected chi connectivity index (χ0v) is 12.7. The Labute approximate surface area is 126 Å². The van der Waals surface area contributed by atoms with Gasteiger partial charge < -0.3 is 15.2 Å². The highest BCUT2D eigenvalue weighted by molar-refractivity contribution is 5.77. The third kappa shape index (κ3) is 4.74. The largest absolute Gasteiger partial charge is 0.493 e. The van der Waals surface area contributed by atoms with Gasteiger partial charge in [0.1, 0.15) is 5.75 Å². The number of para-hydroxylation sites is 1. The van der Waals surface area contributed by atoms with Crippen LogP contribution in [0.1, 0.15) is 39.0 Å². The van der Waals surface area contributed by atoms with Crippen molar-refractivity contribution in [2.24, 2.45) is 5.92 Å². The average Bonchev–Trinajstić information content (AvgIpc) is 2.51. The average molecular weight is 291 g/mol. The first-order valence-electron chi connectivity index (χ1n) is 7.73. The summed E-state index contributed by atoms with van der Waals surface area (Å²) in [6.07, 6.45) is 4.14. The fourth-order valence-electron chi connectivity index (χ4n) is 2.77. The van der Waals surface area contributed by atoms with Crippen LogP contribution in [0.15, 0.2) is 30.3 Å². The van der Waals surface area contributed by atoms with Crippen molar-refractivity contribution in [2.75, 3.05) is 13.2 Å². The van der Waals surface area contributed by atoms with Crippen LogP contribution in [-0.2, 0) is 4.79 Å². The maximum absolute atomic E-state index is 12.0. The molecular formula is C17H25NO3. The van der Waals surface area contributed by atoms with Crippen molar-refractivity contribution in [2.45, 2.75) is 44.6 Å². The Morgan fingerprint density at radius 1 is 1.33 bits per heavy atom. The molecule has 0 radical (unpaired) electrons. The quantitative estimate of drug-likeness (QED) is 0.846. The number of hydrogen-bond donors (Lipinski definition) is 2. The predicted octanol–water partition coefficient (Wildman–Crippen LogP) is 2.51. The van der Waals surface area contributed by atoms with Gasteiger partial charge in [0, 0.05) is 0 Å². The van der Waals surface area contributed by atoms with E-state index in [0.717, 1.165) is 31.4 Å². The molecular weight excluding hydrogens is 266 g/mol. The molecule has 0 heterocycles. The van der Waals surface area contributed by atoms with Gasteiger partial charge in [-0.3, -0.25) is 4.79 Å². The van der Waals surface area contributed by atoms with E-state index >= 15 is 0 Å². The Bertz CT molecular complexity index is 439. The minimum Gasteiger partial charge on any atom is -0.493 e. The lowest BCUT2D eigenvalue weighted by molar-refractivity contribution is -0.124. The van der Waals surface area contributed by atoms with Crippen molar-refractivity contribution in [1.29, 1.82) is 0 Å². The molecule has 0 bridgehead atoms. The highest BCUT2D eigenvalue weighted by Gasteiger charge is 2.34. The van der Waals surface area contributed by atoms with E-state index in [1.54, 1.807) is 0 Å². The van der Waals surface area contributed by atoms with Gasteiger partial charge in [-0.15, -0.1) is 0 Å². The first kappa shape index (κ1) is 15.8. The van der Waals surface area contributed by atoms with Gasteiger partial charge in [-0.2, -0.15) is 0 Å². The Morgan fingerprint density at radius 2 is 2.00 bits per heavy atom. The normalized spacial score (nSPS) is 25.3. The Morgan fingerprint density at radius 3 is 2.62 bits per heavy atom. The summed E-state index contributed by atoms with van der Waals surface area (Å²) in [7, 11) is 0. The number of carbonyl (C=O) groups excluding carboxylic acids is 1. The van der Waals surface area contributed by atoms with Gasteiger partial charge in [-0.25, -0.2) is 0 Å². The van der Waals surface area contributed by atoms with Crippen molar-refractivity contribution in [3.63, 3.8) is 0 Å². The number of aliphatic hydroxyl groups excluding tert-OH is 1. The number of rotatable bonds is 6. The van der Waals surface area contributed by atoms with Crippen LogP contribution in [0.2, 0.25) is 0 Å².